The number of aromatic nitrogens is 2. The molecule has 0 atom stereocenters. The molecule has 0 N–H and O–H groups in total. The van der Waals surface area contributed by atoms with Crippen molar-refractivity contribution in [2.75, 3.05) is 0 Å². The van der Waals surface area contributed by atoms with Crippen molar-refractivity contribution in [1.29, 1.82) is 0 Å². The summed E-state index contributed by atoms with van der Waals surface area (Å²) in [6, 6.07) is 11.0. The summed E-state index contributed by atoms with van der Waals surface area (Å²) in [6.07, 6.45) is 0. The normalized spacial score (nSPS) is 12.7. The number of fused-ring (bicyclic) bond motifs is 1. The molecule has 3 rings (SSSR count). The minimum Gasteiger partial charge on any atom is -0.202 e. The van der Waals surface area contributed by atoms with Crippen molar-refractivity contribution < 1.29 is 17.2 Å². The van der Waals surface area contributed by atoms with Gasteiger partial charge in [-0.05, 0) is 24.3 Å². The lowest BCUT2D eigenvalue weighted by atomic mass is 10.1. The van der Waals surface area contributed by atoms with Gasteiger partial charge in [-0.25, -0.2) is 8.78 Å². The van der Waals surface area contributed by atoms with Crippen LogP contribution in [0.15, 0.2) is 53.4 Å². The monoisotopic (exact) mass is 356 g/mol. The SMILES string of the molecule is CC(F)(F)c1ccc(S(=O)(=O)n2nc(Cl)c3ccccc32)cc1. The van der Waals surface area contributed by atoms with Crippen LogP contribution in [-0.4, -0.2) is 17.6 Å². The Morgan fingerprint density at radius 2 is 1.70 bits per heavy atom. The molecule has 0 spiro atoms. The Morgan fingerprint density at radius 1 is 1.09 bits per heavy atom. The topological polar surface area (TPSA) is 52.0 Å². The molecule has 0 aliphatic heterocycles. The largest absolute Gasteiger partial charge is 0.283 e. The van der Waals surface area contributed by atoms with Crippen molar-refractivity contribution in [3.8, 4) is 0 Å². The summed E-state index contributed by atoms with van der Waals surface area (Å²) in [5.41, 5.74) is 0.0576. The molecule has 0 radical (unpaired) electrons. The van der Waals surface area contributed by atoms with Crippen LogP contribution in [0.5, 0.6) is 0 Å². The molecular weight excluding hydrogens is 346 g/mol. The lowest BCUT2D eigenvalue weighted by Crippen LogP contribution is -2.15. The summed E-state index contributed by atoms with van der Waals surface area (Å²) in [7, 11) is -4.03. The number of halogens is 3. The highest BCUT2D eigenvalue weighted by atomic mass is 35.5. The van der Waals surface area contributed by atoms with Crippen molar-refractivity contribution in [3.05, 3.63) is 59.2 Å². The lowest BCUT2D eigenvalue weighted by molar-refractivity contribution is 0.0174. The molecule has 0 saturated carbocycles. The van der Waals surface area contributed by atoms with E-state index >= 15 is 0 Å². The number of hydrogen-bond donors (Lipinski definition) is 0. The van der Waals surface area contributed by atoms with Crippen LogP contribution in [0.3, 0.4) is 0 Å². The van der Waals surface area contributed by atoms with Crippen LogP contribution in [-0.2, 0) is 15.9 Å². The number of rotatable bonds is 3. The third kappa shape index (κ3) is 2.70. The van der Waals surface area contributed by atoms with Gasteiger partial charge in [0.1, 0.15) is 0 Å². The van der Waals surface area contributed by atoms with E-state index in [1.807, 2.05) is 0 Å². The predicted molar refractivity (Wildman–Crippen MR) is 83.3 cm³/mol. The molecule has 0 amide bonds. The second kappa shape index (κ2) is 5.28. The fraction of sp³-hybridized carbons (Fsp3) is 0.133. The average molecular weight is 357 g/mol. The van der Waals surface area contributed by atoms with Crippen molar-refractivity contribution in [2.45, 2.75) is 17.7 Å². The fourth-order valence-electron chi connectivity index (χ4n) is 2.20. The van der Waals surface area contributed by atoms with Gasteiger partial charge in [-0.1, -0.05) is 35.9 Å². The molecule has 2 aromatic carbocycles. The van der Waals surface area contributed by atoms with Crippen LogP contribution >= 0.6 is 11.6 Å². The molecule has 3 aromatic rings. The zero-order valence-corrected chi connectivity index (χ0v) is 13.4. The predicted octanol–water partition coefficient (Wildman–Crippen LogP) is 4.04. The molecule has 0 saturated heterocycles. The van der Waals surface area contributed by atoms with Gasteiger partial charge in [-0.2, -0.15) is 12.5 Å². The Bertz CT molecular complexity index is 977. The molecule has 0 aliphatic carbocycles. The van der Waals surface area contributed by atoms with Gasteiger partial charge in [0, 0.05) is 17.9 Å². The lowest BCUT2D eigenvalue weighted by Gasteiger charge is -2.11. The molecule has 1 heterocycles. The first-order chi connectivity index (χ1) is 10.7. The Hall–Kier alpha value is -1.99. The van der Waals surface area contributed by atoms with E-state index in [0.717, 1.165) is 35.3 Å². The van der Waals surface area contributed by atoms with Gasteiger partial charge in [0.05, 0.1) is 10.4 Å². The Labute approximate surface area is 136 Å². The number of para-hydroxylation sites is 1. The van der Waals surface area contributed by atoms with Crippen molar-refractivity contribution in [3.63, 3.8) is 0 Å². The first kappa shape index (κ1) is 15.9. The summed E-state index contributed by atoms with van der Waals surface area (Å²) in [4.78, 5) is -0.143. The zero-order chi connectivity index (χ0) is 16.8. The third-order valence-electron chi connectivity index (χ3n) is 3.40. The van der Waals surface area contributed by atoms with Crippen molar-refractivity contribution in [2.24, 2.45) is 0 Å². The second-order valence-electron chi connectivity index (χ2n) is 5.07. The Kier molecular flexibility index (Phi) is 3.65. The van der Waals surface area contributed by atoms with Crippen molar-refractivity contribution in [1.82, 2.24) is 9.19 Å². The maximum Gasteiger partial charge on any atom is 0.283 e. The number of hydrogen-bond acceptors (Lipinski definition) is 3. The molecule has 0 aliphatic rings. The maximum atomic E-state index is 13.2. The van der Waals surface area contributed by atoms with Gasteiger partial charge in [-0.15, -0.1) is 5.10 Å². The molecular formula is C15H11ClF2N2O2S. The van der Waals surface area contributed by atoms with E-state index in [0.29, 0.717) is 10.9 Å². The first-order valence-corrected chi connectivity index (χ1v) is 8.40. The first-order valence-electron chi connectivity index (χ1n) is 6.58. The fourth-order valence-corrected chi connectivity index (χ4v) is 3.77. The van der Waals surface area contributed by atoms with E-state index in [2.05, 4.69) is 5.10 Å². The molecule has 23 heavy (non-hydrogen) atoms. The van der Waals surface area contributed by atoms with Gasteiger partial charge < -0.3 is 0 Å². The van der Waals surface area contributed by atoms with Crippen LogP contribution in [0.2, 0.25) is 5.15 Å². The minimum absolute atomic E-state index is 0.0564. The van der Waals surface area contributed by atoms with Crippen LogP contribution in [0.1, 0.15) is 12.5 Å². The van der Waals surface area contributed by atoms with E-state index in [1.165, 1.54) is 0 Å². The van der Waals surface area contributed by atoms with Crippen LogP contribution in [0, 0.1) is 0 Å². The van der Waals surface area contributed by atoms with Crippen molar-refractivity contribution >= 4 is 32.5 Å². The molecule has 120 valence electrons. The average Bonchev–Trinajstić information content (AvgIpc) is 2.85. The number of nitrogens with zero attached hydrogens (tertiary/aromatic N) is 2. The molecule has 1 aromatic heterocycles. The Balaban J connectivity index is 2.14. The van der Waals surface area contributed by atoms with Crippen LogP contribution in [0.25, 0.3) is 10.9 Å². The molecule has 8 heteroatoms. The molecule has 0 unspecified atom stereocenters. The highest BCUT2D eigenvalue weighted by Gasteiger charge is 2.26. The van der Waals surface area contributed by atoms with Gasteiger partial charge in [-0.3, -0.25) is 0 Å². The highest BCUT2D eigenvalue weighted by Crippen LogP contribution is 2.29. The summed E-state index contributed by atoms with van der Waals surface area (Å²) in [5, 5.41) is 4.41. The van der Waals surface area contributed by atoms with Gasteiger partial charge in [0.15, 0.2) is 5.15 Å². The highest BCUT2D eigenvalue weighted by molar-refractivity contribution is 7.90. The number of alkyl halides is 2. The van der Waals surface area contributed by atoms with E-state index in [9.17, 15) is 17.2 Å². The van der Waals surface area contributed by atoms with Crippen LogP contribution in [0.4, 0.5) is 8.78 Å². The Morgan fingerprint density at radius 3 is 2.30 bits per heavy atom. The van der Waals surface area contributed by atoms with Gasteiger partial charge in [0.2, 0.25) is 0 Å². The minimum atomic E-state index is -4.03. The zero-order valence-electron chi connectivity index (χ0n) is 11.9. The summed E-state index contributed by atoms with van der Waals surface area (Å²) in [5.74, 6) is -3.04. The standard InChI is InChI=1S/C15H11ClF2N2O2S/c1-15(17,18)10-6-8-11(9-7-10)23(21,22)20-13-5-3-2-4-12(13)14(16)19-20/h2-9H,1H3. The summed E-state index contributed by atoms with van der Waals surface area (Å²) in [6.45, 7) is 0.747. The summed E-state index contributed by atoms with van der Waals surface area (Å²) >= 11 is 5.96. The number of benzene rings is 2. The van der Waals surface area contributed by atoms with E-state index in [4.69, 9.17) is 11.6 Å². The third-order valence-corrected chi connectivity index (χ3v) is 5.28. The van der Waals surface area contributed by atoms with E-state index in [1.54, 1.807) is 24.3 Å². The maximum absolute atomic E-state index is 13.2. The van der Waals surface area contributed by atoms with Gasteiger partial charge >= 0.3 is 0 Å². The molecule has 0 bridgehead atoms. The molecule has 4 nitrogen and oxygen atoms in total. The summed E-state index contributed by atoms with van der Waals surface area (Å²) < 4.78 is 52.6. The second-order valence-corrected chi connectivity index (χ2v) is 7.19. The van der Waals surface area contributed by atoms with E-state index < -0.39 is 15.9 Å². The van der Waals surface area contributed by atoms with Crippen LogP contribution < -0.4 is 0 Å². The van der Waals surface area contributed by atoms with Gasteiger partial charge in [0.25, 0.3) is 15.9 Å². The molecule has 0 fully saturated rings. The van der Waals surface area contributed by atoms with E-state index in [-0.39, 0.29) is 15.6 Å². The quantitative estimate of drug-likeness (QED) is 0.711. The smallest absolute Gasteiger partial charge is 0.202 e.